The van der Waals surface area contributed by atoms with E-state index in [4.69, 9.17) is 16.3 Å². The van der Waals surface area contributed by atoms with Gasteiger partial charge in [-0.25, -0.2) is 9.79 Å². The zero-order valence-electron chi connectivity index (χ0n) is 20.3. The van der Waals surface area contributed by atoms with Gasteiger partial charge < -0.3 is 19.3 Å². The maximum absolute atomic E-state index is 12.8. The number of rotatable bonds is 6. The van der Waals surface area contributed by atoms with Crippen LogP contribution in [0.15, 0.2) is 76.0 Å². The van der Waals surface area contributed by atoms with Gasteiger partial charge in [-0.2, -0.15) is 0 Å². The molecule has 190 valence electrons. The summed E-state index contributed by atoms with van der Waals surface area (Å²) in [5.41, 5.74) is 2.38. The van der Waals surface area contributed by atoms with Crippen LogP contribution in [-0.4, -0.2) is 51.2 Å². The minimum atomic E-state index is -0.637. The second-order valence-electron chi connectivity index (χ2n) is 8.77. The summed E-state index contributed by atoms with van der Waals surface area (Å²) in [7, 11) is 0. The molecule has 1 fully saturated rings. The number of hydrogen-bond donors (Lipinski definition) is 1. The number of para-hydroxylation sites is 1. The number of carbonyl (C=O) groups is 2. The van der Waals surface area contributed by atoms with Gasteiger partial charge in [-0.15, -0.1) is 0 Å². The van der Waals surface area contributed by atoms with Gasteiger partial charge in [-0.1, -0.05) is 41.6 Å². The molecule has 7 nitrogen and oxygen atoms in total. The molecule has 37 heavy (non-hydrogen) atoms. The van der Waals surface area contributed by atoms with Gasteiger partial charge in [0.25, 0.3) is 0 Å². The minimum Gasteiger partial charge on any atom is -0.506 e. The molecule has 2 aromatic carbocycles. The van der Waals surface area contributed by atoms with Crippen molar-refractivity contribution in [3.8, 4) is 0 Å². The smallest absolute Gasteiger partial charge is 0.344 e. The molecule has 9 heteroatoms. The predicted octanol–water partition coefficient (Wildman–Crippen LogP) is 6.11. The molecule has 0 saturated carbocycles. The molecule has 2 aliphatic heterocycles. The van der Waals surface area contributed by atoms with Crippen molar-refractivity contribution in [1.82, 2.24) is 9.47 Å². The Kier molecular flexibility index (Phi) is 7.39. The van der Waals surface area contributed by atoms with Gasteiger partial charge >= 0.3 is 5.97 Å². The topological polar surface area (TPSA) is 84.1 Å². The number of ether oxygens (including phenoxy) is 1. The van der Waals surface area contributed by atoms with Crippen molar-refractivity contribution < 1.29 is 19.4 Å². The van der Waals surface area contributed by atoms with Crippen LogP contribution in [-0.2, 0) is 20.9 Å². The number of fused-ring (bicyclic) bond motifs is 1. The monoisotopic (exact) mass is 535 g/mol. The van der Waals surface area contributed by atoms with Crippen LogP contribution in [0.4, 0.5) is 5.69 Å². The summed E-state index contributed by atoms with van der Waals surface area (Å²) in [4.78, 5) is 32.5. The molecule has 0 unspecified atom stereocenters. The number of thioether (sulfide) groups is 1. The first kappa shape index (κ1) is 25.2. The number of aliphatic hydroxyl groups is 1. The van der Waals surface area contributed by atoms with E-state index in [1.54, 1.807) is 31.2 Å². The van der Waals surface area contributed by atoms with E-state index in [0.29, 0.717) is 20.7 Å². The summed E-state index contributed by atoms with van der Waals surface area (Å²) < 4.78 is 7.15. The van der Waals surface area contributed by atoms with Crippen molar-refractivity contribution in [3.05, 3.63) is 81.6 Å². The van der Waals surface area contributed by atoms with Gasteiger partial charge in [-0.3, -0.25) is 4.79 Å². The highest BCUT2D eigenvalue weighted by molar-refractivity contribution is 8.18. The van der Waals surface area contributed by atoms with Gasteiger partial charge in [0, 0.05) is 40.8 Å². The van der Waals surface area contributed by atoms with Crippen molar-refractivity contribution in [2.45, 2.75) is 26.3 Å². The lowest BCUT2D eigenvalue weighted by atomic mass is 10.1. The van der Waals surface area contributed by atoms with E-state index in [0.717, 1.165) is 42.4 Å². The van der Waals surface area contributed by atoms with Gasteiger partial charge in [0.2, 0.25) is 5.91 Å². The van der Waals surface area contributed by atoms with Crippen LogP contribution in [0.3, 0.4) is 0 Å². The number of nitrogens with zero attached hydrogens (tertiary/aromatic N) is 3. The summed E-state index contributed by atoms with van der Waals surface area (Å²) >= 11 is 7.19. The van der Waals surface area contributed by atoms with E-state index in [-0.39, 0.29) is 30.4 Å². The molecule has 0 aliphatic carbocycles. The van der Waals surface area contributed by atoms with Crippen molar-refractivity contribution in [3.63, 3.8) is 0 Å². The maximum Gasteiger partial charge on any atom is 0.344 e. The van der Waals surface area contributed by atoms with Crippen LogP contribution < -0.4 is 0 Å². The van der Waals surface area contributed by atoms with Gasteiger partial charge in [-0.05, 0) is 56.2 Å². The lowest BCUT2D eigenvalue weighted by Crippen LogP contribution is -2.30. The summed E-state index contributed by atoms with van der Waals surface area (Å²) in [6.07, 6.45) is 5.82. The first-order valence-electron chi connectivity index (χ1n) is 12.1. The molecule has 3 heterocycles. The number of likely N-dealkylation sites (tertiary alicyclic amines) is 1. The second kappa shape index (κ2) is 10.9. The molecule has 1 amide bonds. The number of aliphatic hydroxyl groups excluding tert-OH is 1. The first-order chi connectivity index (χ1) is 17.9. The standard InChI is InChI=1S/C28H26ClN3O4S/c1-2-36-28(35)25-26(34)23(37-27(25)30-20-11-9-19(29)10-12-20)15-18-16-32(22-8-4-3-7-21(18)22)17-24(33)31-13-5-6-14-31/h3-4,7-12,15-16,34H,2,5-6,13-14,17H2,1H3/b23-15-,30-27?. The third-order valence-corrected chi connectivity index (χ3v) is 7.57. The lowest BCUT2D eigenvalue weighted by molar-refractivity contribution is -0.138. The van der Waals surface area contributed by atoms with E-state index >= 15 is 0 Å². The Morgan fingerprint density at radius 1 is 1.14 bits per heavy atom. The van der Waals surface area contributed by atoms with Crippen molar-refractivity contribution in [1.29, 1.82) is 0 Å². The summed E-state index contributed by atoms with van der Waals surface area (Å²) in [5, 5.41) is 13.0. The normalized spacial score (nSPS) is 17.9. The van der Waals surface area contributed by atoms with Gasteiger partial charge in [0.05, 0.1) is 17.2 Å². The van der Waals surface area contributed by atoms with E-state index in [1.807, 2.05) is 46.0 Å². The number of aromatic nitrogens is 1. The summed E-state index contributed by atoms with van der Waals surface area (Å²) in [6.45, 7) is 3.73. The number of benzene rings is 2. The molecule has 0 atom stereocenters. The predicted molar refractivity (Wildman–Crippen MR) is 148 cm³/mol. The van der Waals surface area contributed by atoms with Crippen LogP contribution in [0.25, 0.3) is 17.0 Å². The van der Waals surface area contributed by atoms with Crippen LogP contribution in [0.1, 0.15) is 25.3 Å². The molecule has 1 saturated heterocycles. The molecule has 1 aromatic heterocycles. The highest BCUT2D eigenvalue weighted by Crippen LogP contribution is 2.41. The number of aliphatic imine (C=N–C) groups is 1. The van der Waals surface area contributed by atoms with Crippen LogP contribution in [0.2, 0.25) is 5.02 Å². The van der Waals surface area contributed by atoms with Crippen molar-refractivity contribution >= 4 is 62.9 Å². The third kappa shape index (κ3) is 5.31. The Morgan fingerprint density at radius 3 is 2.59 bits per heavy atom. The highest BCUT2D eigenvalue weighted by Gasteiger charge is 2.33. The number of esters is 1. The Balaban J connectivity index is 1.53. The maximum atomic E-state index is 12.8. The second-order valence-corrected chi connectivity index (χ2v) is 10.2. The summed E-state index contributed by atoms with van der Waals surface area (Å²) in [6, 6.07) is 14.7. The Hall–Kier alpha value is -3.49. The molecular formula is C28H26ClN3O4S. The van der Waals surface area contributed by atoms with E-state index in [2.05, 4.69) is 4.99 Å². The molecule has 0 spiro atoms. The molecule has 1 N–H and O–H groups in total. The van der Waals surface area contributed by atoms with E-state index in [9.17, 15) is 14.7 Å². The van der Waals surface area contributed by atoms with Crippen LogP contribution >= 0.6 is 23.4 Å². The van der Waals surface area contributed by atoms with Crippen molar-refractivity contribution in [2.24, 2.45) is 4.99 Å². The quantitative estimate of drug-likeness (QED) is 0.385. The average molecular weight is 536 g/mol. The Labute approximate surface area is 224 Å². The fourth-order valence-electron chi connectivity index (χ4n) is 4.50. The molecule has 3 aromatic rings. The molecule has 2 aliphatic rings. The molecular weight excluding hydrogens is 510 g/mol. The fourth-order valence-corrected chi connectivity index (χ4v) is 5.65. The highest BCUT2D eigenvalue weighted by atomic mass is 35.5. The number of carbonyl (C=O) groups excluding carboxylic acids is 2. The average Bonchev–Trinajstić information content (AvgIpc) is 3.61. The third-order valence-electron chi connectivity index (χ3n) is 6.30. The molecule has 0 bridgehead atoms. The zero-order chi connectivity index (χ0) is 25.9. The Morgan fingerprint density at radius 2 is 1.86 bits per heavy atom. The zero-order valence-corrected chi connectivity index (χ0v) is 21.9. The Bertz CT molecular complexity index is 1450. The minimum absolute atomic E-state index is 0.0287. The summed E-state index contributed by atoms with van der Waals surface area (Å²) in [5.74, 6) is -0.721. The van der Waals surface area contributed by atoms with Crippen LogP contribution in [0, 0.1) is 0 Å². The van der Waals surface area contributed by atoms with Crippen molar-refractivity contribution in [2.75, 3.05) is 19.7 Å². The van der Waals surface area contributed by atoms with E-state index in [1.165, 1.54) is 11.8 Å². The largest absolute Gasteiger partial charge is 0.506 e. The van der Waals surface area contributed by atoms with Gasteiger partial charge in [0.1, 0.15) is 22.9 Å². The van der Waals surface area contributed by atoms with E-state index < -0.39 is 5.97 Å². The number of amides is 1. The lowest BCUT2D eigenvalue weighted by Gasteiger charge is -2.15. The number of halogens is 1. The molecule has 5 rings (SSSR count). The number of hydrogen-bond acceptors (Lipinski definition) is 6. The van der Waals surface area contributed by atoms with Crippen LogP contribution in [0.5, 0.6) is 0 Å². The first-order valence-corrected chi connectivity index (χ1v) is 13.3. The molecule has 0 radical (unpaired) electrons. The fraction of sp³-hybridized carbons (Fsp3) is 0.250. The SMILES string of the molecule is CCOC(=O)C1=C(O)/C(=C/c2cn(CC(=O)N3CCCC3)c3ccccc23)SC1=Nc1ccc(Cl)cc1. The van der Waals surface area contributed by atoms with Gasteiger partial charge in [0.15, 0.2) is 0 Å².